The minimum atomic E-state index is -0.537. The lowest BCUT2D eigenvalue weighted by molar-refractivity contribution is 0.100. The van der Waals surface area contributed by atoms with E-state index in [0.717, 1.165) is 12.1 Å². The van der Waals surface area contributed by atoms with E-state index in [1.54, 1.807) is 12.1 Å². The van der Waals surface area contributed by atoms with Crippen molar-refractivity contribution in [2.24, 2.45) is 5.73 Å². The third-order valence-corrected chi connectivity index (χ3v) is 5.12. The molecule has 0 radical (unpaired) electrons. The van der Waals surface area contributed by atoms with Crippen molar-refractivity contribution in [3.8, 4) is 11.4 Å². The average molecular weight is 355 g/mol. The summed E-state index contributed by atoms with van der Waals surface area (Å²) in [6.07, 6.45) is 2.43. The highest BCUT2D eigenvalue weighted by molar-refractivity contribution is 6.32. The van der Waals surface area contributed by atoms with Crippen molar-refractivity contribution in [2.45, 2.75) is 18.9 Å². The summed E-state index contributed by atoms with van der Waals surface area (Å²) in [5, 5.41) is 0.455. The van der Waals surface area contributed by atoms with E-state index in [1.807, 2.05) is 0 Å². The summed E-state index contributed by atoms with van der Waals surface area (Å²) in [6.45, 7) is 1.15. The first-order valence-electron chi connectivity index (χ1n) is 8.32. The number of nitrogens with one attached hydrogen (secondary N) is 1. The third kappa shape index (κ3) is 2.90. The Kier molecular flexibility index (Phi) is 3.98. The van der Waals surface area contributed by atoms with Crippen molar-refractivity contribution in [1.82, 2.24) is 14.9 Å². The number of carbonyl (C=O) groups is 1. The highest BCUT2D eigenvalue weighted by Gasteiger charge is 2.22. The van der Waals surface area contributed by atoms with Crippen LogP contribution < -0.4 is 5.73 Å². The van der Waals surface area contributed by atoms with Crippen LogP contribution in [-0.4, -0.2) is 34.4 Å². The predicted molar refractivity (Wildman–Crippen MR) is 99.7 cm³/mol. The molecule has 2 aromatic carbocycles. The van der Waals surface area contributed by atoms with Gasteiger partial charge in [-0.05, 0) is 44.1 Å². The van der Waals surface area contributed by atoms with Crippen LogP contribution in [0.5, 0.6) is 0 Å². The van der Waals surface area contributed by atoms with Gasteiger partial charge < -0.3 is 10.7 Å². The monoisotopic (exact) mass is 354 g/mol. The number of H-pyrrole nitrogens is 1. The topological polar surface area (TPSA) is 75.0 Å². The van der Waals surface area contributed by atoms with Crippen molar-refractivity contribution in [1.29, 1.82) is 0 Å². The molecule has 25 heavy (non-hydrogen) atoms. The minimum Gasteiger partial charge on any atom is -0.366 e. The Labute approximate surface area is 150 Å². The van der Waals surface area contributed by atoms with E-state index in [9.17, 15) is 4.79 Å². The van der Waals surface area contributed by atoms with Gasteiger partial charge in [-0.3, -0.25) is 9.69 Å². The van der Waals surface area contributed by atoms with E-state index < -0.39 is 5.91 Å². The largest absolute Gasteiger partial charge is 0.366 e. The smallest absolute Gasteiger partial charge is 0.251 e. The van der Waals surface area contributed by atoms with Crippen LogP contribution in [-0.2, 0) is 0 Å². The van der Waals surface area contributed by atoms with Crippen molar-refractivity contribution in [3.05, 3.63) is 52.5 Å². The number of primary amides is 1. The normalized spacial score (nSPS) is 18.1. The van der Waals surface area contributed by atoms with Crippen LogP contribution in [0.2, 0.25) is 5.02 Å². The number of hydrogen-bond acceptors (Lipinski definition) is 3. The van der Waals surface area contributed by atoms with Gasteiger partial charge in [0.25, 0.3) is 5.91 Å². The number of fused-ring (bicyclic) bond motifs is 1. The molecular weight excluding hydrogens is 336 g/mol. The first kappa shape index (κ1) is 16.1. The van der Waals surface area contributed by atoms with E-state index in [4.69, 9.17) is 17.3 Å². The molecule has 6 heteroatoms. The maximum atomic E-state index is 11.6. The molecule has 5 nitrogen and oxygen atoms in total. The van der Waals surface area contributed by atoms with Crippen LogP contribution in [0.3, 0.4) is 0 Å². The van der Waals surface area contributed by atoms with Crippen molar-refractivity contribution < 1.29 is 4.79 Å². The van der Waals surface area contributed by atoms with Crippen LogP contribution in [0, 0.1) is 0 Å². The highest BCUT2D eigenvalue weighted by Crippen LogP contribution is 2.32. The van der Waals surface area contributed by atoms with Crippen molar-refractivity contribution >= 4 is 28.5 Å². The number of likely N-dealkylation sites (tertiary alicyclic amines) is 1. The summed E-state index contributed by atoms with van der Waals surface area (Å²) >= 11 is 6.07. The molecule has 0 bridgehead atoms. The number of nitrogens with two attached hydrogens (primary N) is 1. The number of aromatic amines is 1. The number of carbonyl (C=O) groups excluding carboxylic acids is 1. The van der Waals surface area contributed by atoms with Gasteiger partial charge in [0, 0.05) is 16.6 Å². The van der Waals surface area contributed by atoms with Gasteiger partial charge in [0.1, 0.15) is 11.3 Å². The summed E-state index contributed by atoms with van der Waals surface area (Å²) in [5.74, 6) is 0.163. The number of amides is 1. The lowest BCUT2D eigenvalue weighted by Crippen LogP contribution is -2.17. The molecule has 1 atom stereocenters. The molecule has 128 valence electrons. The van der Waals surface area contributed by atoms with E-state index in [2.05, 4.69) is 46.2 Å². The minimum absolute atomic E-state index is 0.328. The third-order valence-electron chi connectivity index (χ3n) is 4.91. The molecule has 1 aromatic heterocycles. The van der Waals surface area contributed by atoms with E-state index >= 15 is 0 Å². The molecule has 0 aliphatic carbocycles. The molecule has 1 unspecified atom stereocenters. The summed E-state index contributed by atoms with van der Waals surface area (Å²) in [4.78, 5) is 21.8. The first-order chi connectivity index (χ1) is 12.0. The zero-order valence-corrected chi connectivity index (χ0v) is 14.7. The summed E-state index contributed by atoms with van der Waals surface area (Å²) in [5.41, 5.74) is 9.31. The summed E-state index contributed by atoms with van der Waals surface area (Å²) < 4.78 is 0. The number of aromatic nitrogens is 2. The molecule has 1 aliphatic rings. The quantitative estimate of drug-likeness (QED) is 0.752. The highest BCUT2D eigenvalue weighted by atomic mass is 35.5. The molecule has 1 saturated heterocycles. The molecule has 0 spiro atoms. The zero-order chi connectivity index (χ0) is 17.6. The number of rotatable bonds is 3. The number of imidazole rings is 1. The van der Waals surface area contributed by atoms with Crippen molar-refractivity contribution in [2.75, 3.05) is 13.6 Å². The maximum Gasteiger partial charge on any atom is 0.251 e. The molecule has 0 saturated carbocycles. The van der Waals surface area contributed by atoms with Crippen LogP contribution in [0.15, 0.2) is 36.4 Å². The number of nitrogens with zero attached hydrogens (tertiary/aromatic N) is 2. The standard InChI is InChI=1S/C19H19ClN4O/c1-24-8-2-3-16(24)11-4-6-12(7-5-11)19-22-15-10-13(20)9-14(18(21)25)17(15)23-19/h4-7,9-10,16H,2-3,8H2,1H3,(H2,21,25)(H,22,23). The second-order valence-electron chi connectivity index (χ2n) is 6.56. The molecule has 2 heterocycles. The molecular formula is C19H19ClN4O. The van der Waals surface area contributed by atoms with Crippen LogP contribution in [0.1, 0.15) is 34.8 Å². The Hall–Kier alpha value is -2.37. The maximum absolute atomic E-state index is 11.6. The first-order valence-corrected chi connectivity index (χ1v) is 8.70. The number of benzene rings is 2. The average Bonchev–Trinajstić information content (AvgIpc) is 3.20. The SMILES string of the molecule is CN1CCCC1c1ccc(-c2nc3c(C(N)=O)cc(Cl)cc3[nH]2)cc1. The summed E-state index contributed by atoms with van der Waals surface area (Å²) in [6, 6.07) is 12.2. The molecule has 1 fully saturated rings. The van der Waals surface area contributed by atoms with Gasteiger partial charge in [-0.2, -0.15) is 0 Å². The van der Waals surface area contributed by atoms with Gasteiger partial charge in [-0.15, -0.1) is 0 Å². The molecule has 3 aromatic rings. The lowest BCUT2D eigenvalue weighted by atomic mass is 10.0. The van der Waals surface area contributed by atoms with E-state index in [0.29, 0.717) is 33.5 Å². The Morgan fingerprint density at radius 1 is 1.32 bits per heavy atom. The molecule has 3 N–H and O–H groups in total. The van der Waals surface area contributed by atoms with Gasteiger partial charge in [-0.25, -0.2) is 4.98 Å². The Morgan fingerprint density at radius 2 is 2.08 bits per heavy atom. The van der Waals surface area contributed by atoms with Crippen LogP contribution in [0.4, 0.5) is 0 Å². The molecule has 1 amide bonds. The number of halogens is 1. The Balaban J connectivity index is 1.72. The van der Waals surface area contributed by atoms with E-state index in [-0.39, 0.29) is 0 Å². The Bertz CT molecular complexity index is 948. The predicted octanol–water partition coefficient (Wildman–Crippen LogP) is 3.75. The lowest BCUT2D eigenvalue weighted by Gasteiger charge is -2.19. The van der Waals surface area contributed by atoms with Crippen LogP contribution in [0.25, 0.3) is 22.4 Å². The fraction of sp³-hybridized carbons (Fsp3) is 0.263. The fourth-order valence-corrected chi connectivity index (χ4v) is 3.82. The van der Waals surface area contributed by atoms with Crippen LogP contribution >= 0.6 is 11.6 Å². The van der Waals surface area contributed by atoms with Gasteiger partial charge in [0.05, 0.1) is 11.1 Å². The van der Waals surface area contributed by atoms with Gasteiger partial charge in [0.2, 0.25) is 0 Å². The summed E-state index contributed by atoms with van der Waals surface area (Å²) in [7, 11) is 2.17. The molecule has 4 rings (SSSR count). The Morgan fingerprint density at radius 3 is 2.72 bits per heavy atom. The van der Waals surface area contributed by atoms with Gasteiger partial charge in [-0.1, -0.05) is 35.9 Å². The second kappa shape index (κ2) is 6.17. The molecule has 1 aliphatic heterocycles. The van der Waals surface area contributed by atoms with Crippen molar-refractivity contribution in [3.63, 3.8) is 0 Å². The number of hydrogen-bond donors (Lipinski definition) is 2. The van der Waals surface area contributed by atoms with Gasteiger partial charge in [0.15, 0.2) is 0 Å². The zero-order valence-electron chi connectivity index (χ0n) is 13.9. The van der Waals surface area contributed by atoms with E-state index in [1.165, 1.54) is 18.4 Å². The van der Waals surface area contributed by atoms with Gasteiger partial charge >= 0.3 is 0 Å². The fourth-order valence-electron chi connectivity index (χ4n) is 3.60. The second-order valence-corrected chi connectivity index (χ2v) is 7.00.